The van der Waals surface area contributed by atoms with Crippen molar-refractivity contribution in [3.05, 3.63) is 29.6 Å². The van der Waals surface area contributed by atoms with Crippen molar-refractivity contribution < 1.29 is 5.11 Å². The predicted molar refractivity (Wildman–Crippen MR) is 66.1 cm³/mol. The first kappa shape index (κ1) is 13.6. The third-order valence-electron chi connectivity index (χ3n) is 2.66. The lowest BCUT2D eigenvalue weighted by molar-refractivity contribution is 0.207. The molecule has 0 aliphatic rings. The highest BCUT2D eigenvalue weighted by Crippen LogP contribution is 2.18. The summed E-state index contributed by atoms with van der Waals surface area (Å²) in [5, 5.41) is 21.0. The van der Waals surface area contributed by atoms with Crippen molar-refractivity contribution in [2.24, 2.45) is 5.41 Å². The quantitative estimate of drug-likeness (QED) is 0.780. The summed E-state index contributed by atoms with van der Waals surface area (Å²) in [6.45, 7) is 5.99. The number of rotatable bonds is 6. The molecule has 1 aromatic rings. The van der Waals surface area contributed by atoms with E-state index in [1.165, 1.54) is 0 Å². The second-order valence-corrected chi connectivity index (χ2v) is 4.90. The van der Waals surface area contributed by atoms with Crippen molar-refractivity contribution in [1.82, 2.24) is 10.3 Å². The maximum Gasteiger partial charge on any atom is 0.140 e. The number of aliphatic hydroxyl groups is 1. The van der Waals surface area contributed by atoms with Crippen LogP contribution >= 0.6 is 0 Å². The van der Waals surface area contributed by atoms with Crippen LogP contribution in [0.5, 0.6) is 0 Å². The summed E-state index contributed by atoms with van der Waals surface area (Å²) in [6, 6.07) is 5.70. The van der Waals surface area contributed by atoms with Crippen molar-refractivity contribution in [3.8, 4) is 6.07 Å². The van der Waals surface area contributed by atoms with Gasteiger partial charge in [0, 0.05) is 25.9 Å². The van der Waals surface area contributed by atoms with Crippen LogP contribution in [-0.4, -0.2) is 23.2 Å². The Balaban J connectivity index is 2.43. The van der Waals surface area contributed by atoms with Crippen LogP contribution in [0.25, 0.3) is 0 Å². The molecule has 2 N–H and O–H groups in total. The summed E-state index contributed by atoms with van der Waals surface area (Å²) in [6.07, 6.45) is 2.42. The van der Waals surface area contributed by atoms with Gasteiger partial charge in [-0.05, 0) is 29.5 Å². The molecule has 0 saturated carbocycles. The zero-order valence-corrected chi connectivity index (χ0v) is 10.4. The molecule has 4 nitrogen and oxygen atoms in total. The zero-order valence-electron chi connectivity index (χ0n) is 10.4. The molecule has 0 atom stereocenters. The molecular weight excluding hydrogens is 214 g/mol. The molecule has 0 aliphatic carbocycles. The van der Waals surface area contributed by atoms with E-state index in [9.17, 15) is 0 Å². The number of aromatic nitrogens is 1. The second kappa shape index (κ2) is 6.33. The molecule has 0 aliphatic heterocycles. The van der Waals surface area contributed by atoms with E-state index in [0.29, 0.717) is 12.2 Å². The van der Waals surface area contributed by atoms with Gasteiger partial charge in [0.2, 0.25) is 0 Å². The number of nitrogens with one attached hydrogen (secondary N) is 1. The summed E-state index contributed by atoms with van der Waals surface area (Å²) < 4.78 is 0. The zero-order chi connectivity index (χ0) is 12.7. The van der Waals surface area contributed by atoms with Gasteiger partial charge in [-0.15, -0.1) is 0 Å². The second-order valence-electron chi connectivity index (χ2n) is 4.90. The molecule has 0 spiro atoms. The molecule has 4 heteroatoms. The first-order valence-electron chi connectivity index (χ1n) is 5.74. The normalized spacial score (nSPS) is 11.2. The molecular formula is C13H19N3O. The van der Waals surface area contributed by atoms with Crippen molar-refractivity contribution in [2.45, 2.75) is 26.8 Å². The molecule has 1 heterocycles. The molecule has 1 rings (SSSR count). The summed E-state index contributed by atoms with van der Waals surface area (Å²) in [4.78, 5) is 3.92. The maximum absolute atomic E-state index is 8.91. The van der Waals surface area contributed by atoms with Gasteiger partial charge in [-0.2, -0.15) is 5.26 Å². The first-order chi connectivity index (χ1) is 8.07. The molecule has 1 aromatic heterocycles. The summed E-state index contributed by atoms with van der Waals surface area (Å²) in [5.74, 6) is 0. The lowest BCUT2D eigenvalue weighted by atomic mass is 9.90. The van der Waals surface area contributed by atoms with Crippen LogP contribution in [0.4, 0.5) is 0 Å². The molecule has 0 radical (unpaired) electrons. The average molecular weight is 233 g/mol. The van der Waals surface area contributed by atoms with Gasteiger partial charge in [0.05, 0.1) is 0 Å². The summed E-state index contributed by atoms with van der Waals surface area (Å²) in [7, 11) is 0. The minimum atomic E-state index is 0.0832. The summed E-state index contributed by atoms with van der Waals surface area (Å²) >= 11 is 0. The van der Waals surface area contributed by atoms with Gasteiger partial charge >= 0.3 is 0 Å². The number of hydrogen-bond donors (Lipinski definition) is 2. The monoisotopic (exact) mass is 233 g/mol. The van der Waals surface area contributed by atoms with E-state index >= 15 is 0 Å². The predicted octanol–water partition coefficient (Wildman–Crippen LogP) is 1.45. The maximum atomic E-state index is 8.91. The lowest BCUT2D eigenvalue weighted by Gasteiger charge is -2.23. The van der Waals surface area contributed by atoms with Crippen LogP contribution < -0.4 is 5.32 Å². The molecule has 0 saturated heterocycles. The van der Waals surface area contributed by atoms with Gasteiger partial charge in [0.15, 0.2) is 0 Å². The standard InChI is InChI=1S/C13H19N3O/c1-13(2,4-6-17)10-15-9-11-3-5-16-12(7-11)8-14/h3,5,7,15,17H,4,6,9-10H2,1-2H3. The van der Waals surface area contributed by atoms with Crippen LogP contribution in [-0.2, 0) is 6.54 Å². The van der Waals surface area contributed by atoms with E-state index in [0.717, 1.165) is 18.5 Å². The van der Waals surface area contributed by atoms with Crippen molar-refractivity contribution in [3.63, 3.8) is 0 Å². The van der Waals surface area contributed by atoms with E-state index in [-0.39, 0.29) is 12.0 Å². The molecule has 0 bridgehead atoms. The van der Waals surface area contributed by atoms with Crippen molar-refractivity contribution in [2.75, 3.05) is 13.2 Å². The Morgan fingerprint density at radius 1 is 1.53 bits per heavy atom. The van der Waals surface area contributed by atoms with Crippen molar-refractivity contribution in [1.29, 1.82) is 5.26 Å². The minimum absolute atomic E-state index is 0.0832. The average Bonchev–Trinajstić information content (AvgIpc) is 2.29. The molecule has 0 unspecified atom stereocenters. The number of pyridine rings is 1. The van der Waals surface area contributed by atoms with E-state index < -0.39 is 0 Å². The fraction of sp³-hybridized carbons (Fsp3) is 0.538. The molecule has 0 aromatic carbocycles. The summed E-state index contributed by atoms with van der Waals surface area (Å²) in [5.41, 5.74) is 1.58. The Hall–Kier alpha value is -1.44. The third-order valence-corrected chi connectivity index (χ3v) is 2.66. The topological polar surface area (TPSA) is 68.9 Å². The highest BCUT2D eigenvalue weighted by Gasteiger charge is 2.16. The smallest absolute Gasteiger partial charge is 0.140 e. The fourth-order valence-corrected chi connectivity index (χ4v) is 1.58. The van der Waals surface area contributed by atoms with Gasteiger partial charge in [-0.3, -0.25) is 0 Å². The van der Waals surface area contributed by atoms with Crippen LogP contribution in [0.2, 0.25) is 0 Å². The SMILES string of the molecule is CC(C)(CCO)CNCc1ccnc(C#N)c1. The van der Waals surface area contributed by atoms with E-state index in [1.54, 1.807) is 12.3 Å². The van der Waals surface area contributed by atoms with Gasteiger partial charge in [-0.25, -0.2) is 4.98 Å². The Morgan fingerprint density at radius 3 is 2.94 bits per heavy atom. The van der Waals surface area contributed by atoms with Crippen LogP contribution in [0.1, 0.15) is 31.5 Å². The lowest BCUT2D eigenvalue weighted by Crippen LogP contribution is -2.29. The number of aliphatic hydroxyl groups excluding tert-OH is 1. The number of nitrogens with zero attached hydrogens (tertiary/aromatic N) is 2. The minimum Gasteiger partial charge on any atom is -0.396 e. The number of hydrogen-bond acceptors (Lipinski definition) is 4. The van der Waals surface area contributed by atoms with Crippen LogP contribution in [0, 0.1) is 16.7 Å². The molecule has 92 valence electrons. The van der Waals surface area contributed by atoms with Gasteiger partial charge < -0.3 is 10.4 Å². The first-order valence-corrected chi connectivity index (χ1v) is 5.74. The highest BCUT2D eigenvalue weighted by atomic mass is 16.3. The van der Waals surface area contributed by atoms with Gasteiger partial charge in [0.1, 0.15) is 11.8 Å². The van der Waals surface area contributed by atoms with E-state index in [1.807, 2.05) is 12.1 Å². The number of nitriles is 1. The van der Waals surface area contributed by atoms with Gasteiger partial charge in [0.25, 0.3) is 0 Å². The Bertz CT molecular complexity index is 396. The van der Waals surface area contributed by atoms with E-state index in [4.69, 9.17) is 10.4 Å². The Kier molecular flexibility index (Phi) is 5.08. The van der Waals surface area contributed by atoms with Crippen LogP contribution in [0.3, 0.4) is 0 Å². The van der Waals surface area contributed by atoms with Gasteiger partial charge in [-0.1, -0.05) is 13.8 Å². The van der Waals surface area contributed by atoms with E-state index in [2.05, 4.69) is 24.1 Å². The molecule has 17 heavy (non-hydrogen) atoms. The largest absolute Gasteiger partial charge is 0.396 e. The van der Waals surface area contributed by atoms with Crippen LogP contribution in [0.15, 0.2) is 18.3 Å². The Morgan fingerprint density at radius 2 is 2.29 bits per heavy atom. The van der Waals surface area contributed by atoms with Crippen molar-refractivity contribution >= 4 is 0 Å². The fourth-order valence-electron chi connectivity index (χ4n) is 1.58. The third kappa shape index (κ3) is 4.94. The molecule has 0 amide bonds. The molecule has 0 fully saturated rings. The highest BCUT2D eigenvalue weighted by molar-refractivity contribution is 5.25. The Labute approximate surface area is 102 Å².